The smallest absolute Gasteiger partial charge is 0.145 e. The van der Waals surface area contributed by atoms with Crippen molar-refractivity contribution in [2.75, 3.05) is 5.73 Å². The predicted molar refractivity (Wildman–Crippen MR) is 72.8 cm³/mol. The van der Waals surface area contributed by atoms with Crippen molar-refractivity contribution >= 4 is 5.82 Å². The molecule has 3 N–H and O–H groups in total. The quantitative estimate of drug-likeness (QED) is 0.850. The molecule has 94 valence electrons. The molecule has 0 bridgehead atoms. The van der Waals surface area contributed by atoms with Gasteiger partial charge >= 0.3 is 0 Å². The number of H-pyrrole nitrogens is 1. The molecule has 0 aliphatic carbocycles. The summed E-state index contributed by atoms with van der Waals surface area (Å²) < 4.78 is 0. The van der Waals surface area contributed by atoms with E-state index in [9.17, 15) is 0 Å². The third-order valence-electron chi connectivity index (χ3n) is 3.59. The fourth-order valence-corrected chi connectivity index (χ4v) is 2.44. The first-order valence-electron chi connectivity index (χ1n) is 6.30. The predicted octanol–water partition coefficient (Wildman–Crippen LogP) is 2.38. The number of nitrogens with zero attached hydrogens (tertiary/aromatic N) is 2. The zero-order valence-corrected chi connectivity index (χ0v) is 10.8. The Morgan fingerprint density at radius 1 is 1.22 bits per heavy atom. The Kier molecular flexibility index (Phi) is 2.59. The lowest BCUT2D eigenvalue weighted by Crippen LogP contribution is -2.24. The number of rotatable bonds is 2. The van der Waals surface area contributed by atoms with Crippen molar-refractivity contribution in [3.05, 3.63) is 35.4 Å². The molecule has 0 amide bonds. The van der Waals surface area contributed by atoms with E-state index in [0.717, 1.165) is 24.3 Å². The van der Waals surface area contributed by atoms with Gasteiger partial charge < -0.3 is 5.73 Å². The van der Waals surface area contributed by atoms with E-state index < -0.39 is 0 Å². The topological polar surface area (TPSA) is 57.9 Å². The van der Waals surface area contributed by atoms with E-state index in [1.807, 2.05) is 6.07 Å². The van der Waals surface area contributed by atoms with Crippen LogP contribution < -0.4 is 5.73 Å². The van der Waals surface area contributed by atoms with Gasteiger partial charge in [0.1, 0.15) is 5.82 Å². The van der Waals surface area contributed by atoms with Gasteiger partial charge in [0, 0.05) is 25.2 Å². The molecule has 4 nitrogen and oxygen atoms in total. The zero-order chi connectivity index (χ0) is 12.7. The number of anilines is 1. The molecule has 0 saturated carbocycles. The van der Waals surface area contributed by atoms with E-state index in [4.69, 9.17) is 5.73 Å². The molecule has 0 fully saturated rings. The Morgan fingerprint density at radius 2 is 2.00 bits per heavy atom. The van der Waals surface area contributed by atoms with Crippen molar-refractivity contribution in [3.8, 4) is 11.3 Å². The lowest BCUT2D eigenvalue weighted by Gasteiger charge is -2.18. The number of nitrogen functional groups attached to an aromatic ring is 1. The maximum Gasteiger partial charge on any atom is 0.145 e. The highest BCUT2D eigenvalue weighted by Crippen LogP contribution is 2.29. The highest BCUT2D eigenvalue weighted by Gasteiger charge is 2.21. The Balaban J connectivity index is 1.92. The van der Waals surface area contributed by atoms with Gasteiger partial charge in [-0.25, -0.2) is 0 Å². The zero-order valence-electron chi connectivity index (χ0n) is 10.8. The van der Waals surface area contributed by atoms with E-state index in [2.05, 4.69) is 47.1 Å². The normalized spacial score (nSPS) is 15.3. The van der Waals surface area contributed by atoms with Gasteiger partial charge in [-0.2, -0.15) is 5.10 Å². The van der Waals surface area contributed by atoms with Crippen molar-refractivity contribution < 1.29 is 0 Å². The summed E-state index contributed by atoms with van der Waals surface area (Å²) in [7, 11) is 0. The van der Waals surface area contributed by atoms with Crippen molar-refractivity contribution in [2.24, 2.45) is 0 Å². The summed E-state index contributed by atoms with van der Waals surface area (Å²) in [5.41, 5.74) is 10.6. The minimum absolute atomic E-state index is 0.536. The number of nitrogens with two attached hydrogens (primary N) is 1. The molecule has 2 aromatic rings. The number of nitrogens with one attached hydrogen (secondary N) is 1. The third-order valence-corrected chi connectivity index (χ3v) is 3.59. The fraction of sp³-hybridized carbons (Fsp3) is 0.357. The van der Waals surface area contributed by atoms with Gasteiger partial charge in [0.15, 0.2) is 0 Å². The summed E-state index contributed by atoms with van der Waals surface area (Å²) in [6.07, 6.45) is 0. The standard InChI is InChI=1S/C14H18N4/c1-9(2)18-7-11-4-3-10(5-12(11)8-18)13-6-14(15)17-16-13/h3-6,9H,7-8H2,1-2H3,(H3,15,16,17). The first-order valence-corrected chi connectivity index (χ1v) is 6.30. The maximum atomic E-state index is 5.64. The Hall–Kier alpha value is -1.81. The summed E-state index contributed by atoms with van der Waals surface area (Å²) >= 11 is 0. The molecule has 3 rings (SSSR count). The summed E-state index contributed by atoms with van der Waals surface area (Å²) in [4.78, 5) is 2.47. The van der Waals surface area contributed by atoms with Crippen LogP contribution in [0.15, 0.2) is 24.3 Å². The van der Waals surface area contributed by atoms with Crippen LogP contribution in [0.1, 0.15) is 25.0 Å². The molecule has 1 aliphatic rings. The van der Waals surface area contributed by atoms with Crippen LogP contribution in [-0.4, -0.2) is 21.1 Å². The van der Waals surface area contributed by atoms with Crippen LogP contribution in [0, 0.1) is 0 Å². The molecule has 0 radical (unpaired) electrons. The SMILES string of the molecule is CC(C)N1Cc2ccc(-c3cc(N)n[nH]3)cc2C1. The van der Waals surface area contributed by atoms with Gasteiger partial charge in [-0.1, -0.05) is 12.1 Å². The molecule has 0 atom stereocenters. The van der Waals surface area contributed by atoms with Crippen LogP contribution in [0.3, 0.4) is 0 Å². The Labute approximate surface area is 107 Å². The Morgan fingerprint density at radius 3 is 2.67 bits per heavy atom. The van der Waals surface area contributed by atoms with Crippen LogP contribution in [0.25, 0.3) is 11.3 Å². The summed E-state index contributed by atoms with van der Waals surface area (Å²) in [5, 5.41) is 6.93. The number of hydrogen-bond donors (Lipinski definition) is 2. The number of fused-ring (bicyclic) bond motifs is 1. The summed E-state index contributed by atoms with van der Waals surface area (Å²) in [5.74, 6) is 0.536. The van der Waals surface area contributed by atoms with E-state index in [-0.39, 0.29) is 0 Å². The number of aromatic nitrogens is 2. The highest BCUT2D eigenvalue weighted by atomic mass is 15.2. The lowest BCUT2D eigenvalue weighted by molar-refractivity contribution is 0.227. The third kappa shape index (κ3) is 1.88. The highest BCUT2D eigenvalue weighted by molar-refractivity contribution is 5.63. The average molecular weight is 242 g/mol. The second-order valence-electron chi connectivity index (χ2n) is 5.19. The lowest BCUT2D eigenvalue weighted by atomic mass is 10.0. The van der Waals surface area contributed by atoms with Crippen molar-refractivity contribution in [2.45, 2.75) is 33.0 Å². The van der Waals surface area contributed by atoms with Crippen molar-refractivity contribution in [1.82, 2.24) is 15.1 Å². The van der Waals surface area contributed by atoms with Crippen LogP contribution in [0.2, 0.25) is 0 Å². The maximum absolute atomic E-state index is 5.64. The molecular formula is C14H18N4. The van der Waals surface area contributed by atoms with Crippen LogP contribution in [0.4, 0.5) is 5.82 Å². The molecule has 2 heterocycles. The van der Waals surface area contributed by atoms with Gasteiger partial charge in [0.2, 0.25) is 0 Å². The van der Waals surface area contributed by atoms with Crippen molar-refractivity contribution in [1.29, 1.82) is 0 Å². The molecular weight excluding hydrogens is 224 g/mol. The van der Waals surface area contributed by atoms with Crippen molar-refractivity contribution in [3.63, 3.8) is 0 Å². The summed E-state index contributed by atoms with van der Waals surface area (Å²) in [6.45, 7) is 6.56. The van der Waals surface area contributed by atoms with Gasteiger partial charge in [0.25, 0.3) is 0 Å². The first-order chi connectivity index (χ1) is 8.63. The first kappa shape index (κ1) is 11.3. The molecule has 4 heteroatoms. The molecule has 1 aromatic heterocycles. The number of benzene rings is 1. The van der Waals surface area contributed by atoms with Gasteiger partial charge in [-0.3, -0.25) is 10.00 Å². The average Bonchev–Trinajstić information content (AvgIpc) is 2.93. The summed E-state index contributed by atoms with van der Waals surface area (Å²) in [6, 6.07) is 9.05. The van der Waals surface area contributed by atoms with Gasteiger partial charge in [0.05, 0.1) is 5.69 Å². The van der Waals surface area contributed by atoms with Crippen LogP contribution >= 0.6 is 0 Å². The minimum atomic E-state index is 0.536. The molecule has 1 aromatic carbocycles. The van der Waals surface area contributed by atoms with E-state index in [1.54, 1.807) is 0 Å². The van der Waals surface area contributed by atoms with E-state index in [1.165, 1.54) is 11.1 Å². The molecule has 0 saturated heterocycles. The van der Waals surface area contributed by atoms with Crippen LogP contribution in [0.5, 0.6) is 0 Å². The monoisotopic (exact) mass is 242 g/mol. The second kappa shape index (κ2) is 4.14. The molecule has 0 unspecified atom stereocenters. The largest absolute Gasteiger partial charge is 0.382 e. The number of hydrogen-bond acceptors (Lipinski definition) is 3. The minimum Gasteiger partial charge on any atom is -0.382 e. The molecule has 0 spiro atoms. The second-order valence-corrected chi connectivity index (χ2v) is 5.19. The van der Waals surface area contributed by atoms with Gasteiger partial charge in [-0.15, -0.1) is 0 Å². The van der Waals surface area contributed by atoms with Gasteiger partial charge in [-0.05, 0) is 36.6 Å². The van der Waals surface area contributed by atoms with E-state index >= 15 is 0 Å². The molecule has 1 aliphatic heterocycles. The molecule has 18 heavy (non-hydrogen) atoms. The Bertz CT molecular complexity index is 571. The fourth-order valence-electron chi connectivity index (χ4n) is 2.44. The number of aromatic amines is 1. The van der Waals surface area contributed by atoms with Crippen LogP contribution in [-0.2, 0) is 13.1 Å². The van der Waals surface area contributed by atoms with E-state index in [0.29, 0.717) is 11.9 Å².